The van der Waals surface area contributed by atoms with Crippen molar-refractivity contribution >= 4 is 5.91 Å². The van der Waals surface area contributed by atoms with Crippen LogP contribution in [0.25, 0.3) is 0 Å². The van der Waals surface area contributed by atoms with Crippen LogP contribution in [0.4, 0.5) is 4.39 Å². The minimum absolute atomic E-state index is 0.0205. The van der Waals surface area contributed by atoms with Crippen LogP contribution in [0.2, 0.25) is 0 Å². The number of amides is 1. The van der Waals surface area contributed by atoms with Gasteiger partial charge in [-0.05, 0) is 36.5 Å². The fraction of sp³-hybridized carbons (Fsp3) is 0.500. The maximum atomic E-state index is 12.7. The summed E-state index contributed by atoms with van der Waals surface area (Å²) in [5.41, 5.74) is 0.570. The van der Waals surface area contributed by atoms with Crippen LogP contribution in [-0.2, 0) is 9.53 Å². The molecule has 19 heavy (non-hydrogen) atoms. The Morgan fingerprint density at radius 3 is 2.74 bits per heavy atom. The van der Waals surface area contributed by atoms with Crippen molar-refractivity contribution in [1.29, 1.82) is 0 Å². The van der Waals surface area contributed by atoms with E-state index in [0.29, 0.717) is 18.1 Å². The number of hydrogen-bond acceptors (Lipinski definition) is 3. The van der Waals surface area contributed by atoms with E-state index in [1.165, 1.54) is 37.1 Å². The molecule has 4 nitrogen and oxygen atoms in total. The molecule has 0 aliphatic heterocycles. The monoisotopic (exact) mass is 267 g/mol. The quantitative estimate of drug-likeness (QED) is 0.785. The Labute approximate surface area is 111 Å². The highest BCUT2D eigenvalue weighted by Crippen LogP contribution is 2.28. The Morgan fingerprint density at radius 1 is 1.42 bits per heavy atom. The molecule has 1 atom stereocenters. The molecule has 0 radical (unpaired) electrons. The standard InChI is InChI=1S/C14H18FNO3/c15-12-5-3-11(4-6-12)13(17)7-16-14(18)9-19-8-10-1-2-10/h3-6,10,13,17H,1-2,7-9H2,(H,16,18). The van der Waals surface area contributed by atoms with Gasteiger partial charge in [0.15, 0.2) is 0 Å². The second-order valence-corrected chi connectivity index (χ2v) is 4.83. The Bertz CT molecular complexity index is 417. The van der Waals surface area contributed by atoms with Crippen LogP contribution in [0.15, 0.2) is 24.3 Å². The number of nitrogens with one attached hydrogen (secondary N) is 1. The highest BCUT2D eigenvalue weighted by molar-refractivity contribution is 5.77. The fourth-order valence-electron chi connectivity index (χ4n) is 1.67. The van der Waals surface area contributed by atoms with E-state index in [2.05, 4.69) is 5.32 Å². The molecule has 1 aromatic rings. The lowest BCUT2D eigenvalue weighted by Gasteiger charge is -2.12. The predicted molar refractivity (Wildman–Crippen MR) is 67.9 cm³/mol. The first-order chi connectivity index (χ1) is 9.15. The molecule has 2 rings (SSSR count). The molecular weight excluding hydrogens is 249 g/mol. The normalized spacial score (nSPS) is 16.1. The van der Waals surface area contributed by atoms with Gasteiger partial charge in [0, 0.05) is 6.54 Å². The summed E-state index contributed by atoms with van der Waals surface area (Å²) in [4.78, 5) is 11.4. The largest absolute Gasteiger partial charge is 0.387 e. The minimum Gasteiger partial charge on any atom is -0.387 e. The zero-order valence-corrected chi connectivity index (χ0v) is 10.6. The van der Waals surface area contributed by atoms with E-state index >= 15 is 0 Å². The fourth-order valence-corrected chi connectivity index (χ4v) is 1.67. The van der Waals surface area contributed by atoms with Crippen LogP contribution < -0.4 is 5.32 Å². The molecular formula is C14H18FNO3. The summed E-state index contributed by atoms with van der Waals surface area (Å²) in [5, 5.41) is 12.4. The van der Waals surface area contributed by atoms with E-state index in [1.54, 1.807) is 0 Å². The number of halogens is 1. The van der Waals surface area contributed by atoms with Gasteiger partial charge in [0.25, 0.3) is 0 Å². The van der Waals surface area contributed by atoms with Gasteiger partial charge in [0.05, 0.1) is 12.7 Å². The Balaban J connectivity index is 1.65. The lowest BCUT2D eigenvalue weighted by Crippen LogP contribution is -2.31. The number of hydrogen-bond donors (Lipinski definition) is 2. The summed E-state index contributed by atoms with van der Waals surface area (Å²) in [7, 11) is 0. The Morgan fingerprint density at radius 2 is 2.11 bits per heavy atom. The van der Waals surface area contributed by atoms with Gasteiger partial charge in [-0.3, -0.25) is 4.79 Å². The number of aliphatic hydroxyl groups excluding tert-OH is 1. The van der Waals surface area contributed by atoms with Gasteiger partial charge in [-0.2, -0.15) is 0 Å². The van der Waals surface area contributed by atoms with Crippen LogP contribution in [-0.4, -0.2) is 30.8 Å². The van der Waals surface area contributed by atoms with E-state index in [4.69, 9.17) is 4.74 Å². The lowest BCUT2D eigenvalue weighted by atomic mass is 10.1. The summed E-state index contributed by atoms with van der Waals surface area (Å²) < 4.78 is 17.9. The average molecular weight is 267 g/mol. The van der Waals surface area contributed by atoms with E-state index in [-0.39, 0.29) is 24.9 Å². The topological polar surface area (TPSA) is 58.6 Å². The summed E-state index contributed by atoms with van der Waals surface area (Å²) in [6.45, 7) is 0.748. The molecule has 0 aromatic heterocycles. The minimum atomic E-state index is -0.840. The molecule has 1 unspecified atom stereocenters. The van der Waals surface area contributed by atoms with E-state index in [0.717, 1.165) is 0 Å². The van der Waals surface area contributed by atoms with E-state index < -0.39 is 6.10 Å². The number of aliphatic hydroxyl groups is 1. The molecule has 0 bridgehead atoms. The van der Waals surface area contributed by atoms with Crippen molar-refractivity contribution in [3.05, 3.63) is 35.6 Å². The van der Waals surface area contributed by atoms with Gasteiger partial charge < -0.3 is 15.2 Å². The second-order valence-electron chi connectivity index (χ2n) is 4.83. The van der Waals surface area contributed by atoms with Crippen LogP contribution in [0, 0.1) is 11.7 Å². The molecule has 104 valence electrons. The third kappa shape index (κ3) is 4.96. The maximum Gasteiger partial charge on any atom is 0.246 e. The van der Waals surface area contributed by atoms with Gasteiger partial charge in [0.1, 0.15) is 12.4 Å². The molecule has 1 amide bonds. The lowest BCUT2D eigenvalue weighted by molar-refractivity contribution is -0.126. The molecule has 5 heteroatoms. The van der Waals surface area contributed by atoms with Crippen molar-refractivity contribution in [2.24, 2.45) is 5.92 Å². The summed E-state index contributed by atoms with van der Waals surface area (Å²) in [6, 6.07) is 5.55. The Hall–Kier alpha value is -1.46. The SMILES string of the molecule is O=C(COCC1CC1)NCC(O)c1ccc(F)cc1. The third-order valence-corrected chi connectivity index (χ3v) is 3.03. The Kier molecular flexibility index (Phi) is 4.87. The maximum absolute atomic E-state index is 12.7. The molecule has 1 aliphatic carbocycles. The highest BCUT2D eigenvalue weighted by atomic mass is 19.1. The zero-order valence-electron chi connectivity index (χ0n) is 10.6. The van der Waals surface area contributed by atoms with Gasteiger partial charge >= 0.3 is 0 Å². The molecule has 2 N–H and O–H groups in total. The van der Waals surface area contributed by atoms with Gasteiger partial charge in [0.2, 0.25) is 5.91 Å². The first-order valence-corrected chi connectivity index (χ1v) is 6.43. The van der Waals surface area contributed by atoms with Crippen molar-refractivity contribution in [2.45, 2.75) is 18.9 Å². The predicted octanol–water partition coefficient (Wildman–Crippen LogP) is 1.40. The number of ether oxygens (including phenoxy) is 1. The first-order valence-electron chi connectivity index (χ1n) is 6.43. The van der Waals surface area contributed by atoms with Crippen molar-refractivity contribution in [1.82, 2.24) is 5.32 Å². The molecule has 0 heterocycles. The number of benzene rings is 1. The number of carbonyl (C=O) groups excluding carboxylic acids is 1. The van der Waals surface area contributed by atoms with Gasteiger partial charge in [-0.1, -0.05) is 12.1 Å². The smallest absolute Gasteiger partial charge is 0.246 e. The number of carbonyl (C=O) groups is 1. The van der Waals surface area contributed by atoms with Gasteiger partial charge in [-0.15, -0.1) is 0 Å². The molecule has 0 spiro atoms. The van der Waals surface area contributed by atoms with Crippen LogP contribution in [0.3, 0.4) is 0 Å². The summed E-state index contributed by atoms with van der Waals surface area (Å²) >= 11 is 0. The van der Waals surface area contributed by atoms with Crippen LogP contribution >= 0.6 is 0 Å². The van der Waals surface area contributed by atoms with E-state index in [9.17, 15) is 14.3 Å². The summed E-state index contributed by atoms with van der Waals surface area (Å²) in [6.07, 6.45) is 1.53. The zero-order chi connectivity index (χ0) is 13.7. The first kappa shape index (κ1) is 14.0. The highest BCUT2D eigenvalue weighted by Gasteiger charge is 2.21. The van der Waals surface area contributed by atoms with E-state index in [1.807, 2.05) is 0 Å². The molecule has 1 aromatic carbocycles. The van der Waals surface area contributed by atoms with Crippen molar-refractivity contribution in [3.8, 4) is 0 Å². The molecule has 1 aliphatic rings. The molecule has 0 saturated heterocycles. The second kappa shape index (κ2) is 6.63. The summed E-state index contributed by atoms with van der Waals surface area (Å²) in [5.74, 6) is 0.0212. The molecule has 1 saturated carbocycles. The third-order valence-electron chi connectivity index (χ3n) is 3.03. The average Bonchev–Trinajstić information content (AvgIpc) is 3.21. The van der Waals surface area contributed by atoms with Crippen molar-refractivity contribution in [2.75, 3.05) is 19.8 Å². The van der Waals surface area contributed by atoms with Crippen LogP contribution in [0.5, 0.6) is 0 Å². The van der Waals surface area contributed by atoms with Crippen molar-refractivity contribution < 1.29 is 19.0 Å². The number of rotatable bonds is 7. The van der Waals surface area contributed by atoms with Gasteiger partial charge in [-0.25, -0.2) is 4.39 Å². The van der Waals surface area contributed by atoms with Crippen molar-refractivity contribution in [3.63, 3.8) is 0 Å². The van der Waals surface area contributed by atoms with Crippen LogP contribution in [0.1, 0.15) is 24.5 Å². The molecule has 1 fully saturated rings.